The summed E-state index contributed by atoms with van der Waals surface area (Å²) < 4.78 is 0. The van der Waals surface area contributed by atoms with Gasteiger partial charge in [0.05, 0.1) is 11.9 Å². The van der Waals surface area contributed by atoms with Crippen LogP contribution in [0.5, 0.6) is 0 Å². The predicted molar refractivity (Wildman–Crippen MR) is 86.7 cm³/mol. The number of rotatable bonds is 8. The molecule has 1 amide bonds. The van der Waals surface area contributed by atoms with E-state index in [1.807, 2.05) is 13.8 Å². The molecule has 118 valence electrons. The SMILES string of the molecule is CCCNc1cnc(C(C)C)nc1C(=O)NC(CC)CC. The van der Waals surface area contributed by atoms with Crippen LogP contribution in [0.3, 0.4) is 0 Å². The Hall–Kier alpha value is -1.65. The van der Waals surface area contributed by atoms with Crippen LogP contribution in [0.1, 0.15) is 76.1 Å². The van der Waals surface area contributed by atoms with Gasteiger partial charge in [-0.05, 0) is 19.3 Å². The van der Waals surface area contributed by atoms with Gasteiger partial charge in [0.2, 0.25) is 0 Å². The largest absolute Gasteiger partial charge is 0.382 e. The first-order valence-electron chi connectivity index (χ1n) is 7.95. The van der Waals surface area contributed by atoms with Crippen molar-refractivity contribution in [2.45, 2.75) is 65.8 Å². The Kier molecular flexibility index (Phi) is 7.12. The average molecular weight is 292 g/mol. The second-order valence-electron chi connectivity index (χ2n) is 5.56. The van der Waals surface area contributed by atoms with Crippen molar-refractivity contribution in [2.24, 2.45) is 0 Å². The molecule has 0 unspecified atom stereocenters. The molecule has 1 heterocycles. The van der Waals surface area contributed by atoms with Crippen LogP contribution < -0.4 is 10.6 Å². The molecule has 1 aromatic rings. The highest BCUT2D eigenvalue weighted by molar-refractivity contribution is 5.97. The maximum absolute atomic E-state index is 12.5. The molecule has 0 atom stereocenters. The van der Waals surface area contributed by atoms with Gasteiger partial charge in [-0.25, -0.2) is 9.97 Å². The topological polar surface area (TPSA) is 66.9 Å². The summed E-state index contributed by atoms with van der Waals surface area (Å²) in [5.74, 6) is 0.781. The Morgan fingerprint density at radius 1 is 1.24 bits per heavy atom. The maximum Gasteiger partial charge on any atom is 0.272 e. The number of nitrogens with zero attached hydrogens (tertiary/aromatic N) is 2. The normalized spacial score (nSPS) is 11.0. The Morgan fingerprint density at radius 3 is 2.43 bits per heavy atom. The minimum Gasteiger partial charge on any atom is -0.382 e. The van der Waals surface area contributed by atoms with Crippen molar-refractivity contribution in [3.63, 3.8) is 0 Å². The molecule has 21 heavy (non-hydrogen) atoms. The Morgan fingerprint density at radius 2 is 1.90 bits per heavy atom. The summed E-state index contributed by atoms with van der Waals surface area (Å²) in [6, 6.07) is 0.189. The number of nitrogens with one attached hydrogen (secondary N) is 2. The van der Waals surface area contributed by atoms with Crippen molar-refractivity contribution >= 4 is 11.6 Å². The monoisotopic (exact) mass is 292 g/mol. The van der Waals surface area contributed by atoms with Gasteiger partial charge in [-0.3, -0.25) is 4.79 Å². The molecule has 5 nitrogen and oxygen atoms in total. The zero-order valence-corrected chi connectivity index (χ0v) is 13.9. The predicted octanol–water partition coefficient (Wildman–Crippen LogP) is 3.34. The van der Waals surface area contributed by atoms with Crippen LogP contribution in [0, 0.1) is 0 Å². The van der Waals surface area contributed by atoms with Crippen LogP contribution in [0.15, 0.2) is 6.20 Å². The summed E-state index contributed by atoms with van der Waals surface area (Å²) in [7, 11) is 0. The lowest BCUT2D eigenvalue weighted by Gasteiger charge is -2.17. The van der Waals surface area contributed by atoms with E-state index in [9.17, 15) is 4.79 Å². The number of hydrogen-bond donors (Lipinski definition) is 2. The average Bonchev–Trinajstić information content (AvgIpc) is 2.49. The molecular formula is C16H28N4O. The van der Waals surface area contributed by atoms with Crippen LogP contribution in [0.2, 0.25) is 0 Å². The van der Waals surface area contributed by atoms with Crippen molar-refractivity contribution in [1.82, 2.24) is 15.3 Å². The molecule has 5 heteroatoms. The third kappa shape index (κ3) is 4.99. The Balaban J connectivity index is 3.03. The molecular weight excluding hydrogens is 264 g/mol. The van der Waals surface area contributed by atoms with Gasteiger partial charge in [-0.1, -0.05) is 34.6 Å². The third-order valence-corrected chi connectivity index (χ3v) is 3.43. The lowest BCUT2D eigenvalue weighted by molar-refractivity contribution is 0.0930. The van der Waals surface area contributed by atoms with E-state index in [0.717, 1.165) is 25.8 Å². The highest BCUT2D eigenvalue weighted by Gasteiger charge is 2.18. The van der Waals surface area contributed by atoms with E-state index in [2.05, 4.69) is 41.4 Å². The number of carbonyl (C=O) groups excluding carboxylic acids is 1. The first-order valence-corrected chi connectivity index (χ1v) is 7.95. The van der Waals surface area contributed by atoms with Crippen molar-refractivity contribution in [3.05, 3.63) is 17.7 Å². The van der Waals surface area contributed by atoms with Crippen molar-refractivity contribution in [3.8, 4) is 0 Å². The lowest BCUT2D eigenvalue weighted by Crippen LogP contribution is -2.35. The molecule has 2 N–H and O–H groups in total. The Labute approximate surface area is 128 Å². The fraction of sp³-hybridized carbons (Fsp3) is 0.688. The highest BCUT2D eigenvalue weighted by Crippen LogP contribution is 2.17. The van der Waals surface area contributed by atoms with Crippen LogP contribution in [-0.2, 0) is 0 Å². The van der Waals surface area contributed by atoms with E-state index in [1.54, 1.807) is 6.20 Å². The van der Waals surface area contributed by atoms with E-state index in [0.29, 0.717) is 17.2 Å². The van der Waals surface area contributed by atoms with Gasteiger partial charge in [0.25, 0.3) is 5.91 Å². The molecule has 0 saturated heterocycles. The summed E-state index contributed by atoms with van der Waals surface area (Å²) >= 11 is 0. The van der Waals surface area contributed by atoms with Crippen molar-refractivity contribution in [1.29, 1.82) is 0 Å². The van der Waals surface area contributed by atoms with E-state index in [1.165, 1.54) is 0 Å². The van der Waals surface area contributed by atoms with Crippen molar-refractivity contribution < 1.29 is 4.79 Å². The van der Waals surface area contributed by atoms with Crippen LogP contribution in [0.25, 0.3) is 0 Å². The van der Waals surface area contributed by atoms with E-state index in [4.69, 9.17) is 0 Å². The fourth-order valence-electron chi connectivity index (χ4n) is 1.98. The minimum atomic E-state index is -0.119. The number of aromatic nitrogens is 2. The second kappa shape index (κ2) is 8.60. The van der Waals surface area contributed by atoms with Gasteiger partial charge >= 0.3 is 0 Å². The van der Waals surface area contributed by atoms with E-state index in [-0.39, 0.29) is 17.9 Å². The van der Waals surface area contributed by atoms with Gasteiger partial charge in [0, 0.05) is 18.5 Å². The van der Waals surface area contributed by atoms with Gasteiger partial charge in [-0.15, -0.1) is 0 Å². The quantitative estimate of drug-likeness (QED) is 0.771. The zero-order chi connectivity index (χ0) is 15.8. The second-order valence-corrected chi connectivity index (χ2v) is 5.56. The molecule has 0 aromatic carbocycles. The fourth-order valence-corrected chi connectivity index (χ4v) is 1.98. The minimum absolute atomic E-state index is 0.119. The van der Waals surface area contributed by atoms with Gasteiger partial charge < -0.3 is 10.6 Å². The van der Waals surface area contributed by atoms with Gasteiger partial charge in [0.15, 0.2) is 5.69 Å². The molecule has 1 aromatic heterocycles. The number of carbonyl (C=O) groups is 1. The molecule has 0 fully saturated rings. The maximum atomic E-state index is 12.5. The molecule has 0 bridgehead atoms. The number of hydrogen-bond acceptors (Lipinski definition) is 4. The van der Waals surface area contributed by atoms with Crippen LogP contribution in [-0.4, -0.2) is 28.5 Å². The van der Waals surface area contributed by atoms with Gasteiger partial charge in [0.1, 0.15) is 5.82 Å². The first-order chi connectivity index (χ1) is 10.0. The summed E-state index contributed by atoms with van der Waals surface area (Å²) in [6.07, 6.45) is 4.55. The first kappa shape index (κ1) is 17.4. The molecule has 0 aliphatic rings. The molecule has 0 spiro atoms. The number of amides is 1. The standard InChI is InChI=1S/C16H28N4O/c1-6-9-17-13-10-18-15(11(4)5)20-14(13)16(21)19-12(7-2)8-3/h10-12,17H,6-9H2,1-5H3,(H,19,21). The molecule has 0 aliphatic heterocycles. The summed E-state index contributed by atoms with van der Waals surface area (Å²) in [6.45, 7) is 11.1. The summed E-state index contributed by atoms with van der Waals surface area (Å²) in [4.78, 5) is 21.3. The smallest absolute Gasteiger partial charge is 0.272 e. The lowest BCUT2D eigenvalue weighted by atomic mass is 10.1. The molecule has 0 aliphatic carbocycles. The van der Waals surface area contributed by atoms with Gasteiger partial charge in [-0.2, -0.15) is 0 Å². The highest BCUT2D eigenvalue weighted by atomic mass is 16.2. The Bertz CT molecular complexity index is 456. The molecule has 0 radical (unpaired) electrons. The van der Waals surface area contributed by atoms with E-state index < -0.39 is 0 Å². The summed E-state index contributed by atoms with van der Waals surface area (Å²) in [5, 5.41) is 6.28. The molecule has 0 saturated carbocycles. The third-order valence-electron chi connectivity index (χ3n) is 3.43. The summed E-state index contributed by atoms with van der Waals surface area (Å²) in [5.41, 5.74) is 1.17. The van der Waals surface area contributed by atoms with Crippen LogP contribution in [0.4, 0.5) is 5.69 Å². The van der Waals surface area contributed by atoms with Crippen molar-refractivity contribution in [2.75, 3.05) is 11.9 Å². The number of anilines is 1. The van der Waals surface area contributed by atoms with Crippen LogP contribution >= 0.6 is 0 Å². The molecule has 1 rings (SSSR count). The van der Waals surface area contributed by atoms with E-state index >= 15 is 0 Å². The zero-order valence-electron chi connectivity index (χ0n) is 13.9.